The van der Waals surface area contributed by atoms with E-state index in [1.807, 2.05) is 13.0 Å². The monoisotopic (exact) mass is 390 g/mol. The van der Waals surface area contributed by atoms with E-state index in [-0.39, 0.29) is 18.2 Å². The van der Waals surface area contributed by atoms with Crippen molar-refractivity contribution in [3.63, 3.8) is 0 Å². The number of nitrogens with zero attached hydrogens (tertiary/aromatic N) is 1. The van der Waals surface area contributed by atoms with Crippen LogP contribution < -0.4 is 5.32 Å². The Hall–Kier alpha value is -0.990. The minimum absolute atomic E-state index is 0. The molecule has 2 aromatic rings. The van der Waals surface area contributed by atoms with Gasteiger partial charge in [0, 0.05) is 24.5 Å². The molecule has 1 aromatic carbocycles. The van der Waals surface area contributed by atoms with Gasteiger partial charge in [-0.2, -0.15) is 4.31 Å². The van der Waals surface area contributed by atoms with Gasteiger partial charge in [-0.1, -0.05) is 19.1 Å². The zero-order chi connectivity index (χ0) is 16.4. The maximum Gasteiger partial charge on any atom is 0.253 e. The van der Waals surface area contributed by atoms with Crippen LogP contribution in [0.2, 0.25) is 0 Å². The summed E-state index contributed by atoms with van der Waals surface area (Å²) in [4.78, 5) is 1.04. The Kier molecular flexibility index (Phi) is 6.39. The summed E-state index contributed by atoms with van der Waals surface area (Å²) in [6.07, 6.45) is 0.815. The lowest BCUT2D eigenvalue weighted by atomic mass is 10.1. The highest BCUT2D eigenvalue weighted by Gasteiger charge is 2.35. The molecule has 0 saturated carbocycles. The number of aryl methyl sites for hydroxylation is 1. The fourth-order valence-corrected chi connectivity index (χ4v) is 5.81. The van der Waals surface area contributed by atoms with E-state index in [2.05, 4.69) is 5.32 Å². The Balaban J connectivity index is 0.00000208. The Morgan fingerprint density at radius 1 is 1.33 bits per heavy atom. The first kappa shape index (κ1) is 19.3. The summed E-state index contributed by atoms with van der Waals surface area (Å²) in [5, 5.41) is 3.20. The topological polar surface area (TPSA) is 49.4 Å². The van der Waals surface area contributed by atoms with E-state index in [4.69, 9.17) is 0 Å². The van der Waals surface area contributed by atoms with Gasteiger partial charge in [-0.25, -0.2) is 12.8 Å². The molecule has 1 saturated heterocycles. The first-order valence-corrected chi connectivity index (χ1v) is 9.84. The predicted molar refractivity (Wildman–Crippen MR) is 96.8 cm³/mol. The van der Waals surface area contributed by atoms with Crippen molar-refractivity contribution in [3.05, 3.63) is 52.7 Å². The van der Waals surface area contributed by atoms with Crippen molar-refractivity contribution < 1.29 is 12.8 Å². The fraction of sp³-hybridized carbons (Fsp3) is 0.375. The number of hydrogen-bond acceptors (Lipinski definition) is 4. The lowest BCUT2D eigenvalue weighted by molar-refractivity contribution is 0.271. The molecule has 1 unspecified atom stereocenters. The Morgan fingerprint density at radius 3 is 2.79 bits per heavy atom. The van der Waals surface area contributed by atoms with Gasteiger partial charge >= 0.3 is 0 Å². The van der Waals surface area contributed by atoms with Crippen molar-refractivity contribution in [2.75, 3.05) is 19.6 Å². The molecule has 8 heteroatoms. The molecule has 2 heterocycles. The van der Waals surface area contributed by atoms with Crippen LogP contribution in [0.1, 0.15) is 23.4 Å². The quantitative estimate of drug-likeness (QED) is 0.872. The van der Waals surface area contributed by atoms with Crippen LogP contribution in [-0.4, -0.2) is 32.4 Å². The molecule has 0 aliphatic carbocycles. The summed E-state index contributed by atoms with van der Waals surface area (Å²) in [6.45, 7) is 3.46. The zero-order valence-corrected chi connectivity index (χ0v) is 15.7. The smallest absolute Gasteiger partial charge is 0.253 e. The SMILES string of the molecule is CCc1ccc(S(=O)(=O)N2CCNCC2c2cccc(F)c2)s1.Cl. The van der Waals surface area contributed by atoms with E-state index in [0.29, 0.717) is 29.4 Å². The summed E-state index contributed by atoms with van der Waals surface area (Å²) in [5.74, 6) is -0.352. The maximum absolute atomic E-state index is 13.5. The van der Waals surface area contributed by atoms with Crippen molar-refractivity contribution in [2.45, 2.75) is 23.6 Å². The van der Waals surface area contributed by atoms with Crippen LogP contribution in [0.25, 0.3) is 0 Å². The van der Waals surface area contributed by atoms with Gasteiger partial charge in [-0.05, 0) is 36.2 Å². The van der Waals surface area contributed by atoms with Crippen LogP contribution in [0.4, 0.5) is 4.39 Å². The molecule has 1 aromatic heterocycles. The minimum Gasteiger partial charge on any atom is -0.313 e. The molecule has 1 N–H and O–H groups in total. The molecule has 0 amide bonds. The van der Waals surface area contributed by atoms with Gasteiger partial charge in [-0.15, -0.1) is 23.7 Å². The summed E-state index contributed by atoms with van der Waals surface area (Å²) >= 11 is 1.31. The second-order valence-corrected chi connectivity index (χ2v) is 8.75. The molecule has 0 radical (unpaired) electrons. The molecule has 1 atom stereocenters. The van der Waals surface area contributed by atoms with Crippen LogP contribution in [-0.2, 0) is 16.4 Å². The van der Waals surface area contributed by atoms with Crippen LogP contribution in [0, 0.1) is 5.82 Å². The number of halogens is 2. The van der Waals surface area contributed by atoms with Gasteiger partial charge in [0.05, 0.1) is 6.04 Å². The first-order valence-electron chi connectivity index (χ1n) is 7.59. The number of piperazine rings is 1. The van der Waals surface area contributed by atoms with Crippen molar-refractivity contribution in [1.82, 2.24) is 9.62 Å². The standard InChI is InChI=1S/C16H19FN2O2S2.ClH/c1-2-14-6-7-16(22-14)23(20,21)19-9-8-18-11-15(19)12-4-3-5-13(17)10-12;/h3-7,10,15,18H,2,8-9,11H2,1H3;1H. The normalized spacial score (nSPS) is 19.0. The predicted octanol–water partition coefficient (Wildman–Crippen LogP) is 3.21. The van der Waals surface area contributed by atoms with Crippen molar-refractivity contribution in [3.8, 4) is 0 Å². The number of thiophene rings is 1. The largest absolute Gasteiger partial charge is 0.313 e. The molecular weight excluding hydrogens is 371 g/mol. The van der Waals surface area contributed by atoms with Gasteiger partial charge in [0.25, 0.3) is 10.0 Å². The Morgan fingerprint density at radius 2 is 2.12 bits per heavy atom. The molecule has 0 bridgehead atoms. The second-order valence-electron chi connectivity index (χ2n) is 5.46. The van der Waals surface area contributed by atoms with E-state index < -0.39 is 16.1 Å². The van der Waals surface area contributed by atoms with E-state index in [1.165, 1.54) is 27.8 Å². The maximum atomic E-state index is 13.5. The van der Waals surface area contributed by atoms with Crippen molar-refractivity contribution in [1.29, 1.82) is 0 Å². The molecule has 3 rings (SSSR count). The van der Waals surface area contributed by atoms with Gasteiger partial charge in [0.2, 0.25) is 0 Å². The summed E-state index contributed by atoms with van der Waals surface area (Å²) in [7, 11) is -3.57. The molecule has 1 aliphatic heterocycles. The van der Waals surface area contributed by atoms with Gasteiger partial charge in [-0.3, -0.25) is 0 Å². The molecule has 0 spiro atoms. The van der Waals surface area contributed by atoms with E-state index in [9.17, 15) is 12.8 Å². The van der Waals surface area contributed by atoms with Gasteiger partial charge in [0.1, 0.15) is 10.0 Å². The molecule has 1 fully saturated rings. The Bertz CT molecular complexity index is 795. The van der Waals surface area contributed by atoms with E-state index in [0.717, 1.165) is 11.3 Å². The highest BCUT2D eigenvalue weighted by molar-refractivity contribution is 7.91. The Labute approximate surface area is 152 Å². The highest BCUT2D eigenvalue weighted by atomic mass is 35.5. The lowest BCUT2D eigenvalue weighted by Crippen LogP contribution is -2.48. The average molecular weight is 391 g/mol. The van der Waals surface area contributed by atoms with Crippen LogP contribution in [0.3, 0.4) is 0 Å². The third-order valence-corrected chi connectivity index (χ3v) is 7.58. The number of sulfonamides is 1. The van der Waals surface area contributed by atoms with Gasteiger partial charge in [0.15, 0.2) is 0 Å². The van der Waals surface area contributed by atoms with Gasteiger partial charge < -0.3 is 5.32 Å². The van der Waals surface area contributed by atoms with E-state index in [1.54, 1.807) is 18.2 Å². The lowest BCUT2D eigenvalue weighted by Gasteiger charge is -2.35. The third-order valence-electron chi connectivity index (χ3n) is 3.98. The molecule has 4 nitrogen and oxygen atoms in total. The van der Waals surface area contributed by atoms with Crippen molar-refractivity contribution >= 4 is 33.8 Å². The number of nitrogens with one attached hydrogen (secondary N) is 1. The molecule has 1 aliphatic rings. The highest BCUT2D eigenvalue weighted by Crippen LogP contribution is 2.32. The summed E-state index contributed by atoms with van der Waals surface area (Å²) < 4.78 is 41.4. The zero-order valence-electron chi connectivity index (χ0n) is 13.2. The number of hydrogen-bond donors (Lipinski definition) is 1. The van der Waals surface area contributed by atoms with Crippen LogP contribution in [0.15, 0.2) is 40.6 Å². The number of rotatable bonds is 4. The third kappa shape index (κ3) is 3.81. The number of benzene rings is 1. The average Bonchev–Trinajstić information content (AvgIpc) is 3.05. The summed E-state index contributed by atoms with van der Waals surface area (Å²) in [6, 6.07) is 9.30. The molecular formula is C16H20ClFN2O2S2. The van der Waals surface area contributed by atoms with Crippen molar-refractivity contribution in [2.24, 2.45) is 0 Å². The van der Waals surface area contributed by atoms with Crippen LogP contribution >= 0.6 is 23.7 Å². The molecule has 132 valence electrons. The fourth-order valence-electron chi connectivity index (χ4n) is 2.77. The van der Waals surface area contributed by atoms with Crippen LogP contribution in [0.5, 0.6) is 0 Å². The first-order chi connectivity index (χ1) is 11.0. The molecule has 24 heavy (non-hydrogen) atoms. The summed E-state index contributed by atoms with van der Waals surface area (Å²) in [5.41, 5.74) is 0.674. The minimum atomic E-state index is -3.57. The second kappa shape index (κ2) is 7.93. The van der Waals surface area contributed by atoms with E-state index >= 15 is 0 Å².